The molecule has 2 aromatic heterocycles. The van der Waals surface area contributed by atoms with E-state index in [9.17, 15) is 4.79 Å². The van der Waals surface area contributed by atoms with Gasteiger partial charge in [0.15, 0.2) is 5.82 Å². The third-order valence-electron chi connectivity index (χ3n) is 1.60. The molecule has 2 heterocycles. The zero-order valence-corrected chi connectivity index (χ0v) is 7.66. The molecule has 0 bridgehead atoms. The molecule has 0 saturated heterocycles. The first kappa shape index (κ1) is 9.20. The Morgan fingerprint density at radius 1 is 1.00 bits per heavy atom. The Morgan fingerprint density at radius 3 is 2.33 bits per heavy atom. The zero-order valence-electron chi connectivity index (χ0n) is 7.66. The number of carbonyl (C=O) groups is 1. The lowest BCUT2D eigenvalue weighted by Crippen LogP contribution is -2.14. The van der Waals surface area contributed by atoms with E-state index < -0.39 is 0 Å². The second kappa shape index (κ2) is 4.23. The molecule has 0 aliphatic carbocycles. The van der Waals surface area contributed by atoms with Crippen LogP contribution >= 0.6 is 0 Å². The van der Waals surface area contributed by atoms with Gasteiger partial charge in [-0.2, -0.15) is 0 Å². The van der Waals surface area contributed by atoms with Gasteiger partial charge in [0.25, 0.3) is 5.91 Å². The SMILES string of the molecule is O=C(Nc1cnccn1)c1cnccn1. The second-order valence-corrected chi connectivity index (χ2v) is 2.64. The van der Waals surface area contributed by atoms with Gasteiger partial charge in [-0.3, -0.25) is 14.8 Å². The molecule has 0 aromatic carbocycles. The second-order valence-electron chi connectivity index (χ2n) is 2.64. The summed E-state index contributed by atoms with van der Waals surface area (Å²) in [6, 6.07) is 0. The largest absolute Gasteiger partial charge is 0.304 e. The Morgan fingerprint density at radius 2 is 1.73 bits per heavy atom. The Bertz CT molecular complexity index is 445. The van der Waals surface area contributed by atoms with Crippen LogP contribution in [0.15, 0.2) is 37.2 Å². The lowest BCUT2D eigenvalue weighted by molar-refractivity contribution is 0.102. The number of carbonyl (C=O) groups excluding carboxylic acids is 1. The van der Waals surface area contributed by atoms with Gasteiger partial charge in [0.05, 0.1) is 12.4 Å². The summed E-state index contributed by atoms with van der Waals surface area (Å²) in [7, 11) is 0. The fraction of sp³-hybridized carbons (Fsp3) is 0. The summed E-state index contributed by atoms with van der Waals surface area (Å²) in [6.45, 7) is 0. The van der Waals surface area contributed by atoms with Gasteiger partial charge in [0.2, 0.25) is 0 Å². The zero-order chi connectivity index (χ0) is 10.5. The molecule has 1 N–H and O–H groups in total. The Labute approximate surface area is 85.4 Å². The highest BCUT2D eigenvalue weighted by Gasteiger charge is 2.07. The third-order valence-corrected chi connectivity index (χ3v) is 1.60. The lowest BCUT2D eigenvalue weighted by atomic mass is 10.4. The topological polar surface area (TPSA) is 80.7 Å². The van der Waals surface area contributed by atoms with Gasteiger partial charge in [0.1, 0.15) is 5.69 Å². The molecule has 6 nitrogen and oxygen atoms in total. The van der Waals surface area contributed by atoms with E-state index in [1.807, 2.05) is 0 Å². The first-order valence-corrected chi connectivity index (χ1v) is 4.19. The average molecular weight is 201 g/mol. The number of hydrogen-bond donors (Lipinski definition) is 1. The maximum atomic E-state index is 11.5. The van der Waals surface area contributed by atoms with Crippen LogP contribution < -0.4 is 5.32 Å². The van der Waals surface area contributed by atoms with E-state index in [2.05, 4.69) is 25.3 Å². The van der Waals surface area contributed by atoms with Crippen LogP contribution in [0.2, 0.25) is 0 Å². The molecule has 6 heteroatoms. The molecule has 0 atom stereocenters. The van der Waals surface area contributed by atoms with E-state index in [4.69, 9.17) is 0 Å². The van der Waals surface area contributed by atoms with Crippen LogP contribution in [0.5, 0.6) is 0 Å². The van der Waals surface area contributed by atoms with E-state index >= 15 is 0 Å². The summed E-state index contributed by atoms with van der Waals surface area (Å²) in [5, 5.41) is 2.54. The Kier molecular flexibility index (Phi) is 2.59. The van der Waals surface area contributed by atoms with Crippen LogP contribution in [-0.4, -0.2) is 25.8 Å². The molecule has 0 saturated carbocycles. The number of hydrogen-bond acceptors (Lipinski definition) is 5. The molecule has 0 aliphatic rings. The van der Waals surface area contributed by atoms with E-state index in [-0.39, 0.29) is 11.6 Å². The van der Waals surface area contributed by atoms with E-state index in [1.165, 1.54) is 37.2 Å². The number of nitrogens with one attached hydrogen (secondary N) is 1. The highest BCUT2D eigenvalue weighted by molar-refractivity contribution is 6.01. The molecule has 74 valence electrons. The minimum Gasteiger partial charge on any atom is -0.304 e. The monoisotopic (exact) mass is 201 g/mol. The van der Waals surface area contributed by atoms with Crippen LogP contribution in [0.25, 0.3) is 0 Å². The summed E-state index contributed by atoms with van der Waals surface area (Å²) < 4.78 is 0. The van der Waals surface area contributed by atoms with E-state index in [0.717, 1.165) is 0 Å². The van der Waals surface area contributed by atoms with Crippen LogP contribution in [0, 0.1) is 0 Å². The van der Waals surface area contributed by atoms with Crippen molar-refractivity contribution in [3.05, 3.63) is 42.9 Å². The fourth-order valence-electron chi connectivity index (χ4n) is 0.960. The molecule has 0 unspecified atom stereocenters. The number of amides is 1. The Hall–Kier alpha value is -2.37. The van der Waals surface area contributed by atoms with Gasteiger partial charge >= 0.3 is 0 Å². The van der Waals surface area contributed by atoms with Gasteiger partial charge in [-0.15, -0.1) is 0 Å². The number of rotatable bonds is 2. The van der Waals surface area contributed by atoms with Crippen LogP contribution in [0.3, 0.4) is 0 Å². The third kappa shape index (κ3) is 2.31. The molecule has 2 rings (SSSR count). The van der Waals surface area contributed by atoms with Gasteiger partial charge in [0, 0.05) is 24.8 Å². The van der Waals surface area contributed by atoms with Crippen molar-refractivity contribution in [2.24, 2.45) is 0 Å². The molecule has 2 aromatic rings. The minimum atomic E-state index is -0.358. The molecule has 0 radical (unpaired) electrons. The van der Waals surface area contributed by atoms with Crippen molar-refractivity contribution in [3.8, 4) is 0 Å². The number of nitrogens with zero attached hydrogens (tertiary/aromatic N) is 4. The first-order valence-electron chi connectivity index (χ1n) is 4.19. The summed E-state index contributed by atoms with van der Waals surface area (Å²) in [6.07, 6.45) is 8.80. The standard InChI is InChI=1S/C9H7N5O/c15-9(7-5-10-1-3-12-7)14-8-6-11-2-4-13-8/h1-6H,(H,13,14,15). The predicted octanol–water partition coefficient (Wildman–Crippen LogP) is 0.519. The summed E-state index contributed by atoms with van der Waals surface area (Å²) in [5.74, 6) is 0.0248. The molecular formula is C9H7N5O. The van der Waals surface area contributed by atoms with Crippen LogP contribution in [0.4, 0.5) is 5.82 Å². The normalized spacial score (nSPS) is 9.60. The van der Waals surface area contributed by atoms with E-state index in [1.54, 1.807) is 0 Å². The van der Waals surface area contributed by atoms with Crippen molar-refractivity contribution in [1.82, 2.24) is 19.9 Å². The number of aromatic nitrogens is 4. The van der Waals surface area contributed by atoms with Crippen molar-refractivity contribution in [2.45, 2.75) is 0 Å². The summed E-state index contributed by atoms with van der Waals surface area (Å²) in [5.41, 5.74) is 0.239. The molecule has 1 amide bonds. The quantitative estimate of drug-likeness (QED) is 0.766. The highest BCUT2D eigenvalue weighted by atomic mass is 16.1. The lowest BCUT2D eigenvalue weighted by Gasteiger charge is -2.01. The fourth-order valence-corrected chi connectivity index (χ4v) is 0.960. The van der Waals surface area contributed by atoms with Crippen molar-refractivity contribution in [2.75, 3.05) is 5.32 Å². The molecular weight excluding hydrogens is 194 g/mol. The number of anilines is 1. The summed E-state index contributed by atoms with van der Waals surface area (Å²) in [4.78, 5) is 26.9. The minimum absolute atomic E-state index is 0.239. The molecule has 0 spiro atoms. The van der Waals surface area contributed by atoms with Crippen molar-refractivity contribution in [1.29, 1.82) is 0 Å². The van der Waals surface area contributed by atoms with Crippen molar-refractivity contribution < 1.29 is 4.79 Å². The van der Waals surface area contributed by atoms with Crippen molar-refractivity contribution in [3.63, 3.8) is 0 Å². The average Bonchev–Trinajstić information content (AvgIpc) is 2.31. The maximum Gasteiger partial charge on any atom is 0.277 e. The smallest absolute Gasteiger partial charge is 0.277 e. The maximum absolute atomic E-state index is 11.5. The molecule has 15 heavy (non-hydrogen) atoms. The molecule has 0 aliphatic heterocycles. The molecule has 0 fully saturated rings. The van der Waals surface area contributed by atoms with E-state index in [0.29, 0.717) is 5.82 Å². The van der Waals surface area contributed by atoms with Gasteiger partial charge in [-0.25, -0.2) is 9.97 Å². The van der Waals surface area contributed by atoms with Crippen LogP contribution in [0.1, 0.15) is 10.5 Å². The first-order chi connectivity index (χ1) is 7.36. The van der Waals surface area contributed by atoms with Crippen LogP contribution in [-0.2, 0) is 0 Å². The summed E-state index contributed by atoms with van der Waals surface area (Å²) >= 11 is 0. The van der Waals surface area contributed by atoms with Gasteiger partial charge in [-0.1, -0.05) is 0 Å². The van der Waals surface area contributed by atoms with Gasteiger partial charge in [-0.05, 0) is 0 Å². The Balaban J connectivity index is 2.12. The predicted molar refractivity (Wildman–Crippen MR) is 52.0 cm³/mol. The van der Waals surface area contributed by atoms with Crippen molar-refractivity contribution >= 4 is 11.7 Å². The highest BCUT2D eigenvalue weighted by Crippen LogP contribution is 2.00. The van der Waals surface area contributed by atoms with Gasteiger partial charge < -0.3 is 5.32 Å².